The molecule has 3 nitrogen and oxygen atoms in total. The summed E-state index contributed by atoms with van der Waals surface area (Å²) in [5.74, 6) is 3.44. The van der Waals surface area contributed by atoms with E-state index in [0.717, 1.165) is 32.5 Å². The average Bonchev–Trinajstić information content (AvgIpc) is 3.16. The molecule has 2 bridgehead atoms. The van der Waals surface area contributed by atoms with Crippen molar-refractivity contribution in [3.05, 3.63) is 12.2 Å². The molecule has 0 radical (unpaired) electrons. The molecule has 4 rings (SSSR count). The smallest absolute Gasteiger partial charge is 0.226 e. The summed E-state index contributed by atoms with van der Waals surface area (Å²) < 4.78 is 0. The minimum absolute atomic E-state index is 0.302. The molecule has 2 saturated heterocycles. The molecular formula is C16H24N2O. The van der Waals surface area contributed by atoms with Gasteiger partial charge in [-0.2, -0.15) is 0 Å². The lowest BCUT2D eigenvalue weighted by Crippen LogP contribution is -2.43. The number of likely N-dealkylation sites (tertiary alicyclic amines) is 1. The van der Waals surface area contributed by atoms with Crippen LogP contribution in [0, 0.1) is 29.6 Å². The standard InChI is InChI=1S/C16H24N2O/c1-2-15-14-8-17-7-12(14)9-18(15)16(19)13-6-10-3-4-11(13)5-10/h3-4,10-15,17H,2,5-9H2,1H3. The Balaban J connectivity index is 1.52. The fraction of sp³-hybridized carbons (Fsp3) is 0.812. The summed E-state index contributed by atoms with van der Waals surface area (Å²) in [6.07, 6.45) is 8.09. The second-order valence-corrected chi connectivity index (χ2v) is 6.94. The number of nitrogens with one attached hydrogen (secondary N) is 1. The van der Waals surface area contributed by atoms with Crippen molar-refractivity contribution in [2.45, 2.75) is 32.2 Å². The zero-order valence-corrected chi connectivity index (χ0v) is 11.7. The van der Waals surface area contributed by atoms with Crippen LogP contribution in [0.2, 0.25) is 0 Å². The molecule has 6 unspecified atom stereocenters. The number of allylic oxidation sites excluding steroid dienone is 2. The van der Waals surface area contributed by atoms with Gasteiger partial charge in [-0.05, 0) is 42.9 Å². The third-order valence-electron chi connectivity index (χ3n) is 6.02. The Labute approximate surface area is 115 Å². The predicted octanol–water partition coefficient (Wildman–Crippen LogP) is 1.66. The van der Waals surface area contributed by atoms with Crippen LogP contribution < -0.4 is 5.32 Å². The SMILES string of the molecule is CCC1C2CNCC2CN1C(=O)C1CC2C=CC1C2. The minimum atomic E-state index is 0.302. The van der Waals surface area contributed by atoms with Gasteiger partial charge >= 0.3 is 0 Å². The van der Waals surface area contributed by atoms with E-state index < -0.39 is 0 Å². The van der Waals surface area contributed by atoms with E-state index >= 15 is 0 Å². The summed E-state index contributed by atoms with van der Waals surface area (Å²) in [6, 6.07) is 0.496. The first-order valence-electron chi connectivity index (χ1n) is 7.97. The molecule has 2 aliphatic carbocycles. The number of amides is 1. The molecule has 3 heteroatoms. The van der Waals surface area contributed by atoms with Gasteiger partial charge in [-0.1, -0.05) is 19.1 Å². The lowest BCUT2D eigenvalue weighted by molar-refractivity contribution is -0.137. The lowest BCUT2D eigenvalue weighted by Gasteiger charge is -2.31. The van der Waals surface area contributed by atoms with Gasteiger partial charge in [-0.3, -0.25) is 4.79 Å². The lowest BCUT2D eigenvalue weighted by atomic mass is 9.90. The zero-order valence-electron chi connectivity index (χ0n) is 11.7. The maximum Gasteiger partial charge on any atom is 0.226 e. The number of hydrogen-bond donors (Lipinski definition) is 1. The second-order valence-electron chi connectivity index (χ2n) is 6.94. The van der Waals surface area contributed by atoms with Crippen molar-refractivity contribution in [1.29, 1.82) is 0 Å². The van der Waals surface area contributed by atoms with Crippen LogP contribution in [0.4, 0.5) is 0 Å². The molecule has 1 amide bonds. The topological polar surface area (TPSA) is 32.3 Å². The molecule has 104 valence electrons. The summed E-state index contributed by atoms with van der Waals surface area (Å²) >= 11 is 0. The van der Waals surface area contributed by atoms with E-state index in [0.29, 0.717) is 41.5 Å². The van der Waals surface area contributed by atoms with Crippen LogP contribution in [0.15, 0.2) is 12.2 Å². The summed E-state index contributed by atoms with van der Waals surface area (Å²) in [5, 5.41) is 3.50. The molecule has 6 atom stereocenters. The van der Waals surface area contributed by atoms with Crippen LogP contribution in [-0.2, 0) is 4.79 Å². The summed E-state index contributed by atoms with van der Waals surface area (Å²) in [6.45, 7) is 5.48. The average molecular weight is 260 g/mol. The van der Waals surface area contributed by atoms with E-state index in [-0.39, 0.29) is 0 Å². The van der Waals surface area contributed by atoms with Crippen LogP contribution in [0.25, 0.3) is 0 Å². The minimum Gasteiger partial charge on any atom is -0.339 e. The quantitative estimate of drug-likeness (QED) is 0.766. The zero-order chi connectivity index (χ0) is 13.0. The number of carbonyl (C=O) groups is 1. The maximum atomic E-state index is 12.9. The summed E-state index contributed by atoms with van der Waals surface area (Å²) in [7, 11) is 0. The van der Waals surface area contributed by atoms with Crippen molar-refractivity contribution in [2.75, 3.05) is 19.6 Å². The second kappa shape index (κ2) is 4.34. The van der Waals surface area contributed by atoms with Crippen LogP contribution >= 0.6 is 0 Å². The van der Waals surface area contributed by atoms with E-state index in [1.807, 2.05) is 0 Å². The molecule has 3 fully saturated rings. The molecule has 0 spiro atoms. The molecule has 0 aromatic heterocycles. The van der Waals surface area contributed by atoms with Crippen LogP contribution in [-0.4, -0.2) is 36.5 Å². The molecule has 2 heterocycles. The molecule has 0 aromatic rings. The van der Waals surface area contributed by atoms with E-state index in [1.54, 1.807) is 0 Å². The van der Waals surface area contributed by atoms with Crippen LogP contribution in [0.3, 0.4) is 0 Å². The normalized spacial score (nSPS) is 47.1. The molecule has 1 N–H and O–H groups in total. The number of nitrogens with zero attached hydrogens (tertiary/aromatic N) is 1. The molecule has 4 aliphatic rings. The largest absolute Gasteiger partial charge is 0.339 e. The van der Waals surface area contributed by atoms with Gasteiger partial charge in [0, 0.05) is 31.6 Å². The van der Waals surface area contributed by atoms with Crippen LogP contribution in [0.1, 0.15) is 26.2 Å². The maximum absolute atomic E-state index is 12.9. The Kier molecular flexibility index (Phi) is 2.73. The first-order chi connectivity index (χ1) is 9.28. The third kappa shape index (κ3) is 1.70. The molecular weight excluding hydrogens is 236 g/mol. The molecule has 0 aromatic carbocycles. The van der Waals surface area contributed by atoms with Crippen molar-refractivity contribution in [1.82, 2.24) is 10.2 Å². The van der Waals surface area contributed by atoms with E-state index in [4.69, 9.17) is 0 Å². The fourth-order valence-electron chi connectivity index (χ4n) is 5.08. The highest BCUT2D eigenvalue weighted by atomic mass is 16.2. The van der Waals surface area contributed by atoms with Gasteiger partial charge in [0.05, 0.1) is 0 Å². The van der Waals surface area contributed by atoms with Crippen molar-refractivity contribution in [3.8, 4) is 0 Å². The van der Waals surface area contributed by atoms with Crippen molar-refractivity contribution in [2.24, 2.45) is 29.6 Å². The van der Waals surface area contributed by atoms with E-state index in [9.17, 15) is 4.79 Å². The van der Waals surface area contributed by atoms with Crippen LogP contribution in [0.5, 0.6) is 0 Å². The van der Waals surface area contributed by atoms with Gasteiger partial charge < -0.3 is 10.2 Å². The highest BCUT2D eigenvalue weighted by molar-refractivity contribution is 5.81. The van der Waals surface area contributed by atoms with Gasteiger partial charge in [0.15, 0.2) is 0 Å². The van der Waals surface area contributed by atoms with Gasteiger partial charge in [-0.25, -0.2) is 0 Å². The Bertz CT molecular complexity index is 419. The summed E-state index contributed by atoms with van der Waals surface area (Å²) in [4.78, 5) is 15.2. The number of rotatable bonds is 2. The first-order valence-corrected chi connectivity index (χ1v) is 7.97. The Morgan fingerprint density at radius 1 is 1.32 bits per heavy atom. The van der Waals surface area contributed by atoms with Crippen molar-refractivity contribution in [3.63, 3.8) is 0 Å². The third-order valence-corrected chi connectivity index (χ3v) is 6.02. The predicted molar refractivity (Wildman–Crippen MR) is 74.5 cm³/mol. The Morgan fingerprint density at radius 3 is 2.89 bits per heavy atom. The number of hydrogen-bond acceptors (Lipinski definition) is 2. The van der Waals surface area contributed by atoms with Gasteiger partial charge in [0.1, 0.15) is 0 Å². The van der Waals surface area contributed by atoms with Crippen molar-refractivity contribution >= 4 is 5.91 Å². The van der Waals surface area contributed by atoms with E-state index in [1.165, 1.54) is 6.42 Å². The van der Waals surface area contributed by atoms with E-state index in [2.05, 4.69) is 29.3 Å². The Morgan fingerprint density at radius 2 is 2.21 bits per heavy atom. The first kappa shape index (κ1) is 12.0. The number of carbonyl (C=O) groups excluding carboxylic acids is 1. The highest BCUT2D eigenvalue weighted by Crippen LogP contribution is 2.46. The van der Waals surface area contributed by atoms with Gasteiger partial charge in [0.25, 0.3) is 0 Å². The highest BCUT2D eigenvalue weighted by Gasteiger charge is 2.49. The number of fused-ring (bicyclic) bond motifs is 3. The monoisotopic (exact) mass is 260 g/mol. The van der Waals surface area contributed by atoms with Gasteiger partial charge in [0.2, 0.25) is 5.91 Å². The van der Waals surface area contributed by atoms with Crippen molar-refractivity contribution < 1.29 is 4.79 Å². The Hall–Kier alpha value is -0.830. The fourth-order valence-corrected chi connectivity index (χ4v) is 5.08. The van der Waals surface area contributed by atoms with Gasteiger partial charge in [-0.15, -0.1) is 0 Å². The molecule has 2 aliphatic heterocycles. The summed E-state index contributed by atoms with van der Waals surface area (Å²) in [5.41, 5.74) is 0. The molecule has 1 saturated carbocycles. The molecule has 19 heavy (non-hydrogen) atoms.